The van der Waals surface area contributed by atoms with E-state index in [2.05, 4.69) is 4.99 Å². The van der Waals surface area contributed by atoms with Crippen LogP contribution < -0.4 is 21.4 Å². The Balaban J connectivity index is 2.42. The number of nitrogens with one attached hydrogen (secondary N) is 1. The lowest BCUT2D eigenvalue weighted by Gasteiger charge is -2.44. The largest absolute Gasteiger partial charge is 0.247 e. The maximum Gasteiger partial charge on any atom is 0.200 e. The third-order valence-corrected chi connectivity index (χ3v) is 7.97. The molecule has 4 aromatic rings. The van der Waals surface area contributed by atoms with E-state index >= 15 is 26.3 Å². The van der Waals surface area contributed by atoms with Gasteiger partial charge in [-0.25, -0.2) is 70.8 Å². The van der Waals surface area contributed by atoms with Crippen molar-refractivity contribution in [1.29, 1.82) is 0 Å². The van der Waals surface area contributed by atoms with Crippen molar-refractivity contribution in [2.45, 2.75) is 33.6 Å². The van der Waals surface area contributed by atoms with Crippen LogP contribution in [0.5, 0.6) is 0 Å². The van der Waals surface area contributed by atoms with Crippen LogP contribution >= 0.6 is 0 Å². The number of hydrogen-bond donors (Lipinski definition) is 1. The first-order valence-electron chi connectivity index (χ1n) is 13.6. The van der Waals surface area contributed by atoms with Gasteiger partial charge in [0.25, 0.3) is 0 Å². The molecule has 0 aliphatic rings. The molecule has 0 saturated heterocycles. The van der Waals surface area contributed by atoms with Gasteiger partial charge in [-0.1, -0.05) is 57.4 Å². The summed E-state index contributed by atoms with van der Waals surface area (Å²) < 4.78 is 226. The van der Waals surface area contributed by atoms with Crippen molar-refractivity contribution >= 4 is 28.2 Å². The lowest BCUT2D eigenvalue weighted by molar-refractivity contribution is -0.479. The van der Waals surface area contributed by atoms with Crippen LogP contribution in [0.15, 0.2) is 30.3 Å². The fourth-order valence-electron chi connectivity index (χ4n) is 5.66. The third-order valence-electron chi connectivity index (χ3n) is 7.97. The zero-order chi connectivity index (χ0) is 36.2. The van der Waals surface area contributed by atoms with Crippen LogP contribution in [-0.2, 0) is 6.54 Å². The van der Waals surface area contributed by atoms with Gasteiger partial charge in [0, 0.05) is 11.0 Å². The maximum atomic E-state index is 15.8. The van der Waals surface area contributed by atoms with Gasteiger partial charge in [-0.15, -0.1) is 16.4 Å². The molecule has 0 aliphatic carbocycles. The first kappa shape index (κ1) is 36.4. The summed E-state index contributed by atoms with van der Waals surface area (Å²) in [7, 11) is 0. The molecular formula is C31H19BF15N. The van der Waals surface area contributed by atoms with Crippen molar-refractivity contribution in [2.24, 2.45) is 5.41 Å². The summed E-state index contributed by atoms with van der Waals surface area (Å²) in [5.74, 6) is -45.3. The Labute approximate surface area is 261 Å². The van der Waals surface area contributed by atoms with Crippen LogP contribution in [0.4, 0.5) is 65.9 Å². The van der Waals surface area contributed by atoms with Gasteiger partial charge < -0.3 is 0 Å². The number of benzene rings is 4. The van der Waals surface area contributed by atoms with Crippen molar-refractivity contribution in [3.8, 4) is 0 Å². The molecule has 0 aliphatic heterocycles. The van der Waals surface area contributed by atoms with Crippen LogP contribution in [0.25, 0.3) is 0 Å². The Morgan fingerprint density at radius 3 is 1.00 bits per heavy atom. The molecule has 0 heterocycles. The Morgan fingerprint density at radius 2 is 0.729 bits per heavy atom. The van der Waals surface area contributed by atoms with Crippen molar-refractivity contribution in [2.75, 3.05) is 0 Å². The van der Waals surface area contributed by atoms with Gasteiger partial charge in [0.1, 0.15) is 46.8 Å². The lowest BCUT2D eigenvalue weighted by atomic mass is 9.13. The predicted octanol–water partition coefficient (Wildman–Crippen LogP) is 6.01. The number of hydrogen-bond acceptors (Lipinski definition) is 0. The summed E-state index contributed by atoms with van der Waals surface area (Å²) >= 11 is 0. The molecule has 0 spiro atoms. The third kappa shape index (κ3) is 5.70. The van der Waals surface area contributed by atoms with Gasteiger partial charge in [-0.05, 0) is 0 Å². The maximum absolute atomic E-state index is 15.8. The minimum atomic E-state index is -5.71. The minimum Gasteiger partial charge on any atom is -0.247 e. The number of rotatable bonds is 7. The van der Waals surface area contributed by atoms with E-state index < -0.39 is 127 Å². The highest BCUT2D eigenvalue weighted by Gasteiger charge is 2.50. The van der Waals surface area contributed by atoms with E-state index in [1.165, 1.54) is 45.0 Å². The van der Waals surface area contributed by atoms with Crippen LogP contribution in [-0.4, -0.2) is 11.9 Å². The average Bonchev–Trinajstić information content (AvgIpc) is 3.04. The van der Waals surface area contributed by atoms with Gasteiger partial charge in [0.2, 0.25) is 0 Å². The molecule has 48 heavy (non-hydrogen) atoms. The Kier molecular flexibility index (Phi) is 9.77. The second-order valence-electron chi connectivity index (χ2n) is 11.8. The molecule has 256 valence electrons. The first-order chi connectivity index (χ1) is 22.2. The van der Waals surface area contributed by atoms with E-state index in [4.69, 9.17) is 0 Å². The molecule has 0 unspecified atom stereocenters. The summed E-state index contributed by atoms with van der Waals surface area (Å²) in [4.78, 5) is 2.59. The molecular weight excluding hydrogens is 682 g/mol. The minimum absolute atomic E-state index is 0.362. The lowest BCUT2D eigenvalue weighted by Crippen LogP contribution is -2.80. The Bertz CT molecular complexity index is 1720. The topological polar surface area (TPSA) is 14.0 Å². The van der Waals surface area contributed by atoms with Crippen molar-refractivity contribution in [3.05, 3.63) is 123 Å². The van der Waals surface area contributed by atoms with Crippen molar-refractivity contribution in [1.82, 2.24) is 0 Å². The number of halogens is 15. The quantitative estimate of drug-likeness (QED) is 0.0799. The first-order valence-corrected chi connectivity index (χ1v) is 13.6. The van der Waals surface area contributed by atoms with Gasteiger partial charge >= 0.3 is 0 Å². The molecule has 0 aromatic heterocycles. The van der Waals surface area contributed by atoms with E-state index in [9.17, 15) is 39.5 Å². The molecule has 0 saturated carbocycles. The second kappa shape index (κ2) is 12.9. The van der Waals surface area contributed by atoms with Crippen molar-refractivity contribution in [3.63, 3.8) is 0 Å². The normalized spacial score (nSPS) is 12.7. The van der Waals surface area contributed by atoms with Gasteiger partial charge in [0.05, 0.1) is 0 Å². The summed E-state index contributed by atoms with van der Waals surface area (Å²) in [6.45, 7) is 3.29. The monoisotopic (exact) mass is 701 g/mol. The summed E-state index contributed by atoms with van der Waals surface area (Å²) in [6.07, 6.45) is -7.58. The summed E-state index contributed by atoms with van der Waals surface area (Å²) in [5.41, 5.74) is -9.73. The molecule has 0 bridgehead atoms. The zero-order valence-electron chi connectivity index (χ0n) is 24.5. The fourth-order valence-corrected chi connectivity index (χ4v) is 5.66. The molecule has 0 atom stereocenters. The molecule has 0 radical (unpaired) electrons. The van der Waals surface area contributed by atoms with Gasteiger partial charge in [0.15, 0.2) is 58.9 Å². The highest BCUT2D eigenvalue weighted by Crippen LogP contribution is 2.32. The second-order valence-corrected chi connectivity index (χ2v) is 11.8. The van der Waals surface area contributed by atoms with Crippen LogP contribution in [0.3, 0.4) is 0 Å². The van der Waals surface area contributed by atoms with E-state index in [0.717, 1.165) is 0 Å². The van der Waals surface area contributed by atoms with Gasteiger partial charge in [-0.2, -0.15) is 0 Å². The summed E-state index contributed by atoms with van der Waals surface area (Å²) in [5, 5.41) is 0. The Morgan fingerprint density at radius 1 is 0.458 bits per heavy atom. The van der Waals surface area contributed by atoms with Crippen molar-refractivity contribution < 1.29 is 70.8 Å². The summed E-state index contributed by atoms with van der Waals surface area (Å²) in [6, 6.07) is 7.48. The van der Waals surface area contributed by atoms with E-state index in [0.29, 0.717) is 5.56 Å². The average molecular weight is 701 g/mol. The zero-order valence-corrected chi connectivity index (χ0v) is 24.5. The standard InChI is InChI=1S/C31H18BF15N/c1-31(2,3)12(48-10-11-7-5-4-6-8-11)9-32(13-16(33)22(39)28(45)23(40)17(13)34,14-18(35)24(41)29(46)25(42)19(14)36)15-20(37)26(43)30(47)27(44)21(15)38/h4-8H,9-10H2,1-3H3/q-1/p+1. The van der Waals surface area contributed by atoms with Crippen LogP contribution in [0, 0.1) is 92.7 Å². The van der Waals surface area contributed by atoms with E-state index in [-0.39, 0.29) is 6.54 Å². The van der Waals surface area contributed by atoms with Gasteiger partial charge in [-0.3, -0.25) is 0 Å². The SMILES string of the molecule is CC(C)(C)C(C[B-](c1c(F)c(F)c(F)c(F)c1F)(c1c(F)c(F)c(F)c(F)c1F)c1c(F)c(F)c(F)c(F)c1F)=[NH+]Cc1ccccc1. The highest BCUT2D eigenvalue weighted by atomic mass is 19.2. The van der Waals surface area contributed by atoms with E-state index in [1.807, 2.05) is 0 Å². The molecule has 0 amide bonds. The molecule has 17 heteroatoms. The fraction of sp³-hybridized carbons (Fsp3) is 0.194. The molecule has 0 fully saturated rings. The predicted molar refractivity (Wildman–Crippen MR) is 144 cm³/mol. The molecule has 4 aromatic carbocycles. The van der Waals surface area contributed by atoms with Crippen LogP contribution in [0.1, 0.15) is 26.3 Å². The highest BCUT2D eigenvalue weighted by molar-refractivity contribution is 7.13. The molecule has 1 N–H and O–H groups in total. The molecule has 1 nitrogen and oxygen atoms in total. The van der Waals surface area contributed by atoms with E-state index in [1.54, 1.807) is 6.07 Å². The Hall–Kier alpha value is -4.44. The van der Waals surface area contributed by atoms with Crippen LogP contribution in [0.2, 0.25) is 6.32 Å². The molecule has 4 rings (SSSR count). The smallest absolute Gasteiger partial charge is 0.200 e.